The molecule has 0 aliphatic rings. The fourth-order valence-electron chi connectivity index (χ4n) is 2.53. The van der Waals surface area contributed by atoms with Crippen molar-refractivity contribution in [2.24, 2.45) is 7.05 Å². The molecule has 0 amide bonds. The van der Waals surface area contributed by atoms with Crippen molar-refractivity contribution in [3.8, 4) is 22.5 Å². The zero-order valence-electron chi connectivity index (χ0n) is 11.7. The molecule has 0 fully saturated rings. The molecular formula is C18H17N2+. The second kappa shape index (κ2) is 5.25. The van der Waals surface area contributed by atoms with Gasteiger partial charge in [0.1, 0.15) is 7.05 Å². The molecule has 1 aromatic carbocycles. The minimum absolute atomic E-state index is 1.18. The summed E-state index contributed by atoms with van der Waals surface area (Å²) in [6.45, 7) is 2.15. The Bertz CT molecular complexity index is 733. The van der Waals surface area contributed by atoms with E-state index in [1.807, 2.05) is 24.5 Å². The molecule has 2 nitrogen and oxygen atoms in total. The predicted molar refractivity (Wildman–Crippen MR) is 81.0 cm³/mol. The quantitative estimate of drug-likeness (QED) is 0.645. The van der Waals surface area contributed by atoms with Crippen LogP contribution in [0.5, 0.6) is 0 Å². The molecule has 0 radical (unpaired) electrons. The number of hydrogen-bond donors (Lipinski definition) is 0. The maximum absolute atomic E-state index is 4.09. The molecule has 3 aromatic rings. The molecule has 2 aromatic heterocycles. The van der Waals surface area contributed by atoms with Gasteiger partial charge in [0.15, 0.2) is 0 Å². The van der Waals surface area contributed by atoms with Crippen LogP contribution >= 0.6 is 0 Å². The smallest absolute Gasteiger partial charge is 0.213 e. The molecule has 0 aliphatic carbocycles. The van der Waals surface area contributed by atoms with E-state index < -0.39 is 0 Å². The lowest BCUT2D eigenvalue weighted by molar-refractivity contribution is -0.649. The standard InChI is InChI=1S/C18H17N2/c1-14-6-3-4-7-16(14)18-9-5-8-17(20(18)2)15-10-12-19-13-11-15/h3-13H,1-2H3/q+1. The summed E-state index contributed by atoms with van der Waals surface area (Å²) >= 11 is 0. The highest BCUT2D eigenvalue weighted by Crippen LogP contribution is 2.22. The average molecular weight is 261 g/mol. The van der Waals surface area contributed by atoms with Gasteiger partial charge in [-0.2, -0.15) is 4.57 Å². The summed E-state index contributed by atoms with van der Waals surface area (Å²) in [6, 6.07) is 19.0. The number of benzene rings is 1. The summed E-state index contributed by atoms with van der Waals surface area (Å²) in [5, 5.41) is 0. The van der Waals surface area contributed by atoms with Crippen LogP contribution in [0.1, 0.15) is 5.56 Å². The molecule has 0 spiro atoms. The lowest BCUT2D eigenvalue weighted by atomic mass is 10.0. The van der Waals surface area contributed by atoms with Crippen LogP contribution in [-0.4, -0.2) is 4.98 Å². The van der Waals surface area contributed by atoms with E-state index in [1.54, 1.807) is 0 Å². The molecule has 0 N–H and O–H groups in total. The molecule has 0 unspecified atom stereocenters. The van der Waals surface area contributed by atoms with E-state index in [1.165, 1.54) is 28.1 Å². The second-order valence-corrected chi connectivity index (χ2v) is 4.91. The van der Waals surface area contributed by atoms with Gasteiger partial charge in [0, 0.05) is 35.7 Å². The molecule has 0 saturated carbocycles. The number of aryl methyl sites for hydroxylation is 1. The Morgan fingerprint density at radius 3 is 2.25 bits per heavy atom. The fourth-order valence-corrected chi connectivity index (χ4v) is 2.53. The summed E-state index contributed by atoms with van der Waals surface area (Å²) in [7, 11) is 2.11. The van der Waals surface area contributed by atoms with Crippen molar-refractivity contribution in [3.63, 3.8) is 0 Å². The van der Waals surface area contributed by atoms with Crippen LogP contribution in [0.25, 0.3) is 22.5 Å². The van der Waals surface area contributed by atoms with Gasteiger partial charge in [-0.05, 0) is 36.8 Å². The molecule has 0 saturated heterocycles. The van der Waals surface area contributed by atoms with E-state index in [-0.39, 0.29) is 0 Å². The van der Waals surface area contributed by atoms with E-state index in [2.05, 4.69) is 66.0 Å². The Labute approximate surface area is 119 Å². The molecule has 0 bridgehead atoms. The van der Waals surface area contributed by atoms with E-state index in [4.69, 9.17) is 0 Å². The van der Waals surface area contributed by atoms with Crippen molar-refractivity contribution in [3.05, 3.63) is 72.6 Å². The molecule has 20 heavy (non-hydrogen) atoms. The number of nitrogens with zero attached hydrogens (tertiary/aromatic N) is 2. The van der Waals surface area contributed by atoms with E-state index in [0.717, 1.165) is 0 Å². The SMILES string of the molecule is Cc1ccccc1-c1cccc(-c2ccncc2)[n+]1C. The summed E-state index contributed by atoms with van der Waals surface area (Å²) in [6.07, 6.45) is 3.66. The molecule has 0 atom stereocenters. The van der Waals surface area contributed by atoms with Gasteiger partial charge >= 0.3 is 0 Å². The van der Waals surface area contributed by atoms with Crippen LogP contribution in [0.4, 0.5) is 0 Å². The maximum atomic E-state index is 4.09. The summed E-state index contributed by atoms with van der Waals surface area (Å²) in [5.74, 6) is 0. The predicted octanol–water partition coefficient (Wildman–Crippen LogP) is 3.55. The summed E-state index contributed by atoms with van der Waals surface area (Å²) in [5.41, 5.74) is 6.14. The summed E-state index contributed by atoms with van der Waals surface area (Å²) in [4.78, 5) is 4.09. The van der Waals surface area contributed by atoms with Crippen molar-refractivity contribution < 1.29 is 4.57 Å². The fraction of sp³-hybridized carbons (Fsp3) is 0.111. The molecule has 98 valence electrons. The van der Waals surface area contributed by atoms with Crippen LogP contribution in [0, 0.1) is 6.92 Å². The van der Waals surface area contributed by atoms with Gasteiger partial charge in [-0.3, -0.25) is 4.98 Å². The van der Waals surface area contributed by atoms with Crippen LogP contribution in [0.2, 0.25) is 0 Å². The molecule has 2 heteroatoms. The van der Waals surface area contributed by atoms with E-state index >= 15 is 0 Å². The van der Waals surface area contributed by atoms with Crippen molar-refractivity contribution >= 4 is 0 Å². The number of aromatic nitrogens is 2. The van der Waals surface area contributed by atoms with Gasteiger partial charge < -0.3 is 0 Å². The highest BCUT2D eigenvalue weighted by Gasteiger charge is 2.16. The van der Waals surface area contributed by atoms with Crippen molar-refractivity contribution in [2.75, 3.05) is 0 Å². The Morgan fingerprint density at radius 2 is 1.50 bits per heavy atom. The Morgan fingerprint density at radius 1 is 0.800 bits per heavy atom. The van der Waals surface area contributed by atoms with Gasteiger partial charge in [-0.1, -0.05) is 18.2 Å². The molecule has 3 rings (SSSR count). The van der Waals surface area contributed by atoms with E-state index in [9.17, 15) is 0 Å². The van der Waals surface area contributed by atoms with Gasteiger partial charge in [0.2, 0.25) is 11.4 Å². The number of hydrogen-bond acceptors (Lipinski definition) is 1. The number of pyridine rings is 2. The van der Waals surface area contributed by atoms with Crippen LogP contribution in [-0.2, 0) is 7.05 Å². The first-order chi connectivity index (χ1) is 9.77. The lowest BCUT2D eigenvalue weighted by Gasteiger charge is -2.07. The monoisotopic (exact) mass is 261 g/mol. The van der Waals surface area contributed by atoms with Crippen molar-refractivity contribution in [2.45, 2.75) is 6.92 Å². The van der Waals surface area contributed by atoms with Gasteiger partial charge in [0.05, 0.1) is 0 Å². The third-order valence-electron chi connectivity index (χ3n) is 3.63. The minimum atomic E-state index is 1.18. The third kappa shape index (κ3) is 2.21. The van der Waals surface area contributed by atoms with E-state index in [0.29, 0.717) is 0 Å². The zero-order chi connectivity index (χ0) is 13.9. The lowest BCUT2D eigenvalue weighted by Crippen LogP contribution is -2.33. The van der Waals surface area contributed by atoms with Gasteiger partial charge in [-0.15, -0.1) is 0 Å². The molecule has 2 heterocycles. The largest absolute Gasteiger partial charge is 0.265 e. The highest BCUT2D eigenvalue weighted by molar-refractivity contribution is 5.63. The molecular weight excluding hydrogens is 244 g/mol. The first-order valence-electron chi connectivity index (χ1n) is 6.73. The van der Waals surface area contributed by atoms with Gasteiger partial charge in [-0.25, -0.2) is 0 Å². The average Bonchev–Trinajstić information content (AvgIpc) is 2.49. The Kier molecular flexibility index (Phi) is 3.30. The first kappa shape index (κ1) is 12.5. The van der Waals surface area contributed by atoms with Crippen LogP contribution in [0.15, 0.2) is 67.0 Å². The topological polar surface area (TPSA) is 16.8 Å². The summed E-state index contributed by atoms with van der Waals surface area (Å²) < 4.78 is 2.23. The normalized spacial score (nSPS) is 10.5. The van der Waals surface area contributed by atoms with Gasteiger partial charge in [0.25, 0.3) is 0 Å². The number of rotatable bonds is 2. The first-order valence-corrected chi connectivity index (χ1v) is 6.73. The van der Waals surface area contributed by atoms with Crippen molar-refractivity contribution in [1.29, 1.82) is 0 Å². The van der Waals surface area contributed by atoms with Crippen LogP contribution in [0.3, 0.4) is 0 Å². The maximum Gasteiger partial charge on any atom is 0.213 e. The highest BCUT2D eigenvalue weighted by atomic mass is 14.9. The molecule has 0 aliphatic heterocycles. The minimum Gasteiger partial charge on any atom is -0.265 e. The van der Waals surface area contributed by atoms with Crippen LogP contribution < -0.4 is 4.57 Å². The third-order valence-corrected chi connectivity index (χ3v) is 3.63. The Balaban J connectivity index is 2.19. The van der Waals surface area contributed by atoms with Crippen molar-refractivity contribution in [1.82, 2.24) is 4.98 Å². The zero-order valence-corrected chi connectivity index (χ0v) is 11.7. The Hall–Kier alpha value is -2.48. The second-order valence-electron chi connectivity index (χ2n) is 4.91.